The maximum Gasteiger partial charge on any atom is 0.0960 e. The molecule has 2 atom stereocenters. The summed E-state index contributed by atoms with van der Waals surface area (Å²) < 4.78 is 5.10. The molecule has 0 aromatic rings. The SMILES string of the molecule is CC(C)CCC[C@H](N)C1CO1. The molecule has 2 nitrogen and oxygen atoms in total. The Kier molecular flexibility index (Phi) is 3.34. The van der Waals surface area contributed by atoms with Gasteiger partial charge in [-0.15, -0.1) is 0 Å². The van der Waals surface area contributed by atoms with E-state index in [9.17, 15) is 0 Å². The fourth-order valence-corrected chi connectivity index (χ4v) is 1.25. The summed E-state index contributed by atoms with van der Waals surface area (Å²) >= 11 is 0. The zero-order valence-electron chi connectivity index (χ0n) is 7.55. The Labute approximate surface area is 69.1 Å². The molecule has 1 fully saturated rings. The second-order valence-electron chi connectivity index (χ2n) is 3.86. The van der Waals surface area contributed by atoms with Crippen LogP contribution >= 0.6 is 0 Å². The topological polar surface area (TPSA) is 38.5 Å². The highest BCUT2D eigenvalue weighted by Gasteiger charge is 2.29. The van der Waals surface area contributed by atoms with Crippen LogP contribution < -0.4 is 5.73 Å². The van der Waals surface area contributed by atoms with Gasteiger partial charge in [0.25, 0.3) is 0 Å². The first-order valence-electron chi connectivity index (χ1n) is 4.57. The lowest BCUT2D eigenvalue weighted by molar-refractivity contribution is 0.355. The Morgan fingerprint density at radius 3 is 2.55 bits per heavy atom. The van der Waals surface area contributed by atoms with Gasteiger partial charge in [-0.1, -0.05) is 26.7 Å². The van der Waals surface area contributed by atoms with Crippen molar-refractivity contribution in [1.29, 1.82) is 0 Å². The fraction of sp³-hybridized carbons (Fsp3) is 1.00. The van der Waals surface area contributed by atoms with E-state index in [1.54, 1.807) is 0 Å². The van der Waals surface area contributed by atoms with Crippen molar-refractivity contribution in [3.05, 3.63) is 0 Å². The van der Waals surface area contributed by atoms with Crippen LogP contribution in [0.5, 0.6) is 0 Å². The van der Waals surface area contributed by atoms with Gasteiger partial charge in [0.1, 0.15) is 0 Å². The van der Waals surface area contributed by atoms with Gasteiger partial charge < -0.3 is 10.5 Å². The van der Waals surface area contributed by atoms with Gasteiger partial charge in [0.15, 0.2) is 0 Å². The molecule has 1 heterocycles. The van der Waals surface area contributed by atoms with Gasteiger partial charge in [-0.25, -0.2) is 0 Å². The van der Waals surface area contributed by atoms with Crippen molar-refractivity contribution in [2.24, 2.45) is 11.7 Å². The lowest BCUT2D eigenvalue weighted by atomic mass is 10.0. The largest absolute Gasteiger partial charge is 0.371 e. The Morgan fingerprint density at radius 1 is 1.45 bits per heavy atom. The molecule has 0 amide bonds. The summed E-state index contributed by atoms with van der Waals surface area (Å²) in [5.41, 5.74) is 5.84. The minimum absolute atomic E-state index is 0.300. The molecule has 1 saturated heterocycles. The predicted molar refractivity (Wildman–Crippen MR) is 46.4 cm³/mol. The van der Waals surface area contributed by atoms with Crippen molar-refractivity contribution < 1.29 is 4.74 Å². The van der Waals surface area contributed by atoms with Crippen LogP contribution in [0.2, 0.25) is 0 Å². The van der Waals surface area contributed by atoms with Crippen LogP contribution in [-0.2, 0) is 4.74 Å². The van der Waals surface area contributed by atoms with Gasteiger partial charge in [-0.3, -0.25) is 0 Å². The average Bonchev–Trinajstić information content (AvgIpc) is 2.66. The summed E-state index contributed by atoms with van der Waals surface area (Å²) in [6, 6.07) is 0.300. The van der Waals surface area contributed by atoms with Crippen LogP contribution in [-0.4, -0.2) is 18.8 Å². The van der Waals surface area contributed by atoms with Crippen LogP contribution in [0.3, 0.4) is 0 Å². The molecule has 66 valence electrons. The highest BCUT2D eigenvalue weighted by molar-refractivity contribution is 4.81. The summed E-state index contributed by atoms with van der Waals surface area (Å²) in [5, 5.41) is 0. The third-order valence-corrected chi connectivity index (χ3v) is 2.16. The van der Waals surface area contributed by atoms with Gasteiger partial charge in [0.05, 0.1) is 12.7 Å². The van der Waals surface area contributed by atoms with Crippen LogP contribution in [0.4, 0.5) is 0 Å². The van der Waals surface area contributed by atoms with Crippen molar-refractivity contribution >= 4 is 0 Å². The van der Waals surface area contributed by atoms with Gasteiger partial charge in [0.2, 0.25) is 0 Å². The Hall–Kier alpha value is -0.0800. The number of epoxide rings is 1. The lowest BCUT2D eigenvalue weighted by Crippen LogP contribution is -2.26. The summed E-state index contributed by atoms with van der Waals surface area (Å²) in [4.78, 5) is 0. The van der Waals surface area contributed by atoms with Crippen LogP contribution in [0, 0.1) is 5.92 Å². The van der Waals surface area contributed by atoms with Crippen molar-refractivity contribution in [2.45, 2.75) is 45.3 Å². The van der Waals surface area contributed by atoms with E-state index in [0.29, 0.717) is 12.1 Å². The second-order valence-corrected chi connectivity index (χ2v) is 3.86. The quantitative estimate of drug-likeness (QED) is 0.615. The highest BCUT2D eigenvalue weighted by Crippen LogP contribution is 2.17. The summed E-state index contributed by atoms with van der Waals surface area (Å²) in [7, 11) is 0. The molecule has 11 heavy (non-hydrogen) atoms. The van der Waals surface area contributed by atoms with Gasteiger partial charge in [-0.2, -0.15) is 0 Å². The molecular formula is C9H19NO. The van der Waals surface area contributed by atoms with Gasteiger partial charge >= 0.3 is 0 Å². The number of nitrogens with two attached hydrogens (primary N) is 1. The third kappa shape index (κ3) is 3.73. The first kappa shape index (κ1) is 9.01. The molecule has 0 saturated carbocycles. The van der Waals surface area contributed by atoms with Crippen molar-refractivity contribution in [1.82, 2.24) is 0 Å². The normalized spacial score (nSPS) is 25.6. The molecule has 0 aromatic carbocycles. The number of ether oxygens (including phenoxy) is 1. The minimum atomic E-state index is 0.300. The van der Waals surface area contributed by atoms with E-state index in [1.165, 1.54) is 12.8 Å². The Bertz CT molecular complexity index is 110. The van der Waals surface area contributed by atoms with Crippen molar-refractivity contribution in [3.8, 4) is 0 Å². The number of hydrogen-bond acceptors (Lipinski definition) is 2. The summed E-state index contributed by atoms with van der Waals surface area (Å²) in [5.74, 6) is 0.808. The molecular weight excluding hydrogens is 138 g/mol. The molecule has 2 heteroatoms. The third-order valence-electron chi connectivity index (χ3n) is 2.16. The van der Waals surface area contributed by atoms with Crippen LogP contribution in [0.15, 0.2) is 0 Å². The zero-order chi connectivity index (χ0) is 8.27. The molecule has 0 aliphatic carbocycles. The standard InChI is InChI=1S/C9H19NO/c1-7(2)4-3-5-8(10)9-6-11-9/h7-9H,3-6,10H2,1-2H3/t8-,9?/m0/s1. The Morgan fingerprint density at radius 2 is 2.09 bits per heavy atom. The predicted octanol–water partition coefficient (Wildman–Crippen LogP) is 1.54. The molecule has 2 N–H and O–H groups in total. The van der Waals surface area contributed by atoms with E-state index in [4.69, 9.17) is 10.5 Å². The highest BCUT2D eigenvalue weighted by atomic mass is 16.6. The lowest BCUT2D eigenvalue weighted by Gasteiger charge is -2.08. The fourth-order valence-electron chi connectivity index (χ4n) is 1.25. The minimum Gasteiger partial charge on any atom is -0.371 e. The molecule has 1 unspecified atom stereocenters. The van der Waals surface area contributed by atoms with Crippen molar-refractivity contribution in [2.75, 3.05) is 6.61 Å². The molecule has 0 aromatic heterocycles. The maximum absolute atomic E-state index is 5.84. The van der Waals surface area contributed by atoms with Gasteiger partial charge in [0, 0.05) is 6.04 Å². The van der Waals surface area contributed by atoms with E-state index < -0.39 is 0 Å². The van der Waals surface area contributed by atoms with E-state index >= 15 is 0 Å². The van der Waals surface area contributed by atoms with E-state index in [0.717, 1.165) is 18.9 Å². The van der Waals surface area contributed by atoms with E-state index in [-0.39, 0.29) is 0 Å². The summed E-state index contributed by atoms with van der Waals surface area (Å²) in [6.45, 7) is 5.39. The first-order chi connectivity index (χ1) is 5.20. The molecule has 0 bridgehead atoms. The molecule has 0 spiro atoms. The van der Waals surface area contributed by atoms with Gasteiger partial charge in [-0.05, 0) is 12.3 Å². The summed E-state index contributed by atoms with van der Waals surface area (Å²) in [6.07, 6.45) is 4.06. The molecule has 1 aliphatic heterocycles. The first-order valence-corrected chi connectivity index (χ1v) is 4.57. The monoisotopic (exact) mass is 157 g/mol. The van der Waals surface area contributed by atoms with E-state index in [2.05, 4.69) is 13.8 Å². The number of rotatable bonds is 5. The second kappa shape index (κ2) is 4.07. The molecule has 0 radical (unpaired) electrons. The maximum atomic E-state index is 5.84. The smallest absolute Gasteiger partial charge is 0.0960 e. The van der Waals surface area contributed by atoms with Crippen molar-refractivity contribution in [3.63, 3.8) is 0 Å². The Balaban J connectivity index is 1.93. The van der Waals surface area contributed by atoms with Crippen LogP contribution in [0.25, 0.3) is 0 Å². The average molecular weight is 157 g/mol. The van der Waals surface area contributed by atoms with E-state index in [1.807, 2.05) is 0 Å². The number of hydrogen-bond donors (Lipinski definition) is 1. The zero-order valence-corrected chi connectivity index (χ0v) is 7.55. The van der Waals surface area contributed by atoms with Crippen LogP contribution in [0.1, 0.15) is 33.1 Å². The molecule has 1 rings (SSSR count). The molecule has 1 aliphatic rings.